The van der Waals surface area contributed by atoms with E-state index in [0.29, 0.717) is 36.6 Å². The summed E-state index contributed by atoms with van der Waals surface area (Å²) >= 11 is 2.33. The molecule has 1 aromatic heterocycles. The van der Waals surface area contributed by atoms with E-state index in [4.69, 9.17) is 5.73 Å². The van der Waals surface area contributed by atoms with Gasteiger partial charge in [-0.3, -0.25) is 19.3 Å². The Morgan fingerprint density at radius 3 is 2.75 bits per heavy atom. The van der Waals surface area contributed by atoms with Gasteiger partial charge in [-0.05, 0) is 18.1 Å². The van der Waals surface area contributed by atoms with Crippen LogP contribution in [0.2, 0.25) is 0 Å². The topological polar surface area (TPSA) is 191 Å². The number of β-lactam (4-membered cyclic amide) rings is 1. The number of thiazole rings is 1. The Morgan fingerprint density at radius 2 is 2.14 bits per heavy atom. The molecule has 6 N–H and O–H groups in total. The lowest BCUT2D eigenvalue weighted by Gasteiger charge is -2.49. The van der Waals surface area contributed by atoms with Crippen LogP contribution in [-0.2, 0) is 19.2 Å². The van der Waals surface area contributed by atoms with Gasteiger partial charge in [-0.1, -0.05) is 5.16 Å². The number of carbonyl (C=O) groups is 4. The fourth-order valence-electron chi connectivity index (χ4n) is 4.55. The molecule has 5 rings (SSSR count). The minimum Gasteiger partial charge on any atom is -0.477 e. The molecule has 4 aliphatic rings. The smallest absolute Gasteiger partial charge is 0.352 e. The number of carbonyl (C=O) groups excluding carboxylic acids is 3. The molecule has 3 saturated heterocycles. The van der Waals surface area contributed by atoms with Gasteiger partial charge in [0.15, 0.2) is 10.8 Å². The summed E-state index contributed by atoms with van der Waals surface area (Å²) in [6, 6.07) is -1.02. The lowest BCUT2D eigenvalue weighted by molar-refractivity contribution is -0.150. The zero-order valence-electron chi connectivity index (χ0n) is 18.8. The van der Waals surface area contributed by atoms with Crippen molar-refractivity contribution in [1.82, 2.24) is 25.4 Å². The van der Waals surface area contributed by atoms with E-state index < -0.39 is 34.9 Å². The summed E-state index contributed by atoms with van der Waals surface area (Å²) in [6.07, 6.45) is 2.11. The number of nitrogens with one attached hydrogen (secondary N) is 2. The number of hydrogen-bond donors (Lipinski definition) is 5. The largest absolute Gasteiger partial charge is 0.477 e. The first-order valence-corrected chi connectivity index (χ1v) is 13.1. The molecular weight excluding hydrogens is 510 g/mol. The second-order valence-corrected chi connectivity index (χ2v) is 10.7. The highest BCUT2D eigenvalue weighted by atomic mass is 32.2. The summed E-state index contributed by atoms with van der Waals surface area (Å²) in [5.74, 6) is -2.17. The number of rotatable bonds is 7. The Balaban J connectivity index is 1.31. The number of aliphatic carboxylic acids is 1. The zero-order chi connectivity index (χ0) is 25.6. The Kier molecular flexibility index (Phi) is 6.44. The normalized spacial score (nSPS) is 25.7. The van der Waals surface area contributed by atoms with Crippen molar-refractivity contribution in [2.24, 2.45) is 11.1 Å². The molecule has 0 radical (unpaired) electrons. The predicted octanol–water partition coefficient (Wildman–Crippen LogP) is -0.980. The number of aromatic nitrogens is 1. The highest BCUT2D eigenvalue weighted by molar-refractivity contribution is 8.00. The summed E-state index contributed by atoms with van der Waals surface area (Å²) in [4.78, 5) is 57.3. The Morgan fingerprint density at radius 1 is 1.36 bits per heavy atom. The number of carboxylic acids is 1. The van der Waals surface area contributed by atoms with E-state index in [1.165, 1.54) is 17.1 Å². The number of nitrogens with two attached hydrogens (primary N) is 1. The van der Waals surface area contributed by atoms with Gasteiger partial charge in [0, 0.05) is 48.8 Å². The molecule has 2 atom stereocenters. The van der Waals surface area contributed by atoms with Crippen molar-refractivity contribution < 1.29 is 29.5 Å². The highest BCUT2D eigenvalue weighted by Crippen LogP contribution is 2.41. The first-order chi connectivity index (χ1) is 17.3. The number of carboxylic acid groups (broad SMARTS) is 1. The van der Waals surface area contributed by atoms with E-state index in [-0.39, 0.29) is 28.2 Å². The molecule has 5 heterocycles. The molecule has 13 nitrogen and oxygen atoms in total. The molecule has 1 aromatic rings. The first-order valence-electron chi connectivity index (χ1n) is 11.1. The monoisotopic (exact) mass is 533 g/mol. The van der Waals surface area contributed by atoms with Crippen molar-refractivity contribution in [2.75, 3.05) is 37.7 Å². The molecule has 190 valence electrons. The summed E-state index contributed by atoms with van der Waals surface area (Å²) < 4.78 is 0. The van der Waals surface area contributed by atoms with Crippen LogP contribution in [0.3, 0.4) is 0 Å². The molecule has 0 saturated carbocycles. The molecule has 0 unspecified atom stereocenters. The predicted molar refractivity (Wildman–Crippen MR) is 130 cm³/mol. The van der Waals surface area contributed by atoms with E-state index in [1.807, 2.05) is 0 Å². The molecule has 3 amide bonds. The molecule has 3 fully saturated rings. The third-order valence-corrected chi connectivity index (χ3v) is 8.45. The van der Waals surface area contributed by atoms with Crippen LogP contribution in [0.5, 0.6) is 0 Å². The van der Waals surface area contributed by atoms with Gasteiger partial charge < -0.3 is 31.6 Å². The van der Waals surface area contributed by atoms with Gasteiger partial charge in [-0.15, -0.1) is 23.1 Å². The quantitative estimate of drug-likeness (QED) is 0.0957. The number of anilines is 1. The number of nitrogen functional groups attached to an aromatic ring is 1. The summed E-state index contributed by atoms with van der Waals surface area (Å²) in [7, 11) is 0. The maximum absolute atomic E-state index is 12.9. The fraction of sp³-hybridized carbons (Fsp3) is 0.429. The summed E-state index contributed by atoms with van der Waals surface area (Å²) in [5.41, 5.74) is 5.93. The van der Waals surface area contributed by atoms with Crippen molar-refractivity contribution in [2.45, 2.75) is 17.8 Å². The van der Waals surface area contributed by atoms with Crippen LogP contribution in [0.15, 0.2) is 33.5 Å². The van der Waals surface area contributed by atoms with Crippen LogP contribution >= 0.6 is 23.1 Å². The van der Waals surface area contributed by atoms with Gasteiger partial charge in [0.25, 0.3) is 11.8 Å². The van der Waals surface area contributed by atoms with Gasteiger partial charge >= 0.3 is 5.97 Å². The third kappa shape index (κ3) is 4.22. The highest BCUT2D eigenvalue weighted by Gasteiger charge is 2.54. The van der Waals surface area contributed by atoms with E-state index in [9.17, 15) is 29.5 Å². The van der Waals surface area contributed by atoms with Crippen molar-refractivity contribution in [3.63, 3.8) is 0 Å². The van der Waals surface area contributed by atoms with Crippen molar-refractivity contribution in [3.8, 4) is 0 Å². The molecule has 0 aliphatic carbocycles. The van der Waals surface area contributed by atoms with Crippen molar-refractivity contribution in [1.29, 1.82) is 0 Å². The first kappa shape index (κ1) is 24.3. The summed E-state index contributed by atoms with van der Waals surface area (Å²) in [5, 5.41) is 28.8. The van der Waals surface area contributed by atoms with Crippen LogP contribution in [0.4, 0.5) is 5.13 Å². The fourth-order valence-corrected chi connectivity index (χ4v) is 6.40. The molecule has 15 heteroatoms. The van der Waals surface area contributed by atoms with Gasteiger partial charge in [-0.2, -0.15) is 0 Å². The minimum absolute atomic E-state index is 0.0568. The number of thioether (sulfide) groups is 1. The van der Waals surface area contributed by atoms with E-state index in [1.54, 1.807) is 11.0 Å². The summed E-state index contributed by atoms with van der Waals surface area (Å²) in [6.45, 7) is 3.02. The number of likely N-dealkylation sites (tertiary alicyclic amines) is 1. The Hall–Kier alpha value is -3.43. The average Bonchev–Trinajstić information content (AvgIpc) is 3.40. The van der Waals surface area contributed by atoms with Gasteiger partial charge in [-0.25, -0.2) is 9.78 Å². The third-order valence-electron chi connectivity index (χ3n) is 6.47. The lowest BCUT2D eigenvalue weighted by atomic mass is 10.0. The van der Waals surface area contributed by atoms with Crippen LogP contribution in [0, 0.1) is 5.92 Å². The second kappa shape index (κ2) is 9.55. The molecular formula is C21H23N7O6S2. The minimum atomic E-state index is -1.29. The van der Waals surface area contributed by atoms with Crippen LogP contribution in [-0.4, -0.2) is 97.8 Å². The van der Waals surface area contributed by atoms with Crippen molar-refractivity contribution >= 4 is 57.6 Å². The molecule has 0 aromatic carbocycles. The number of hydrogen-bond acceptors (Lipinski definition) is 11. The zero-order valence-corrected chi connectivity index (χ0v) is 20.5. The molecule has 0 spiro atoms. The van der Waals surface area contributed by atoms with Gasteiger partial charge in [0.1, 0.15) is 22.8 Å². The van der Waals surface area contributed by atoms with Gasteiger partial charge in [0.05, 0.1) is 0 Å². The maximum Gasteiger partial charge on any atom is 0.352 e. The molecule has 36 heavy (non-hydrogen) atoms. The van der Waals surface area contributed by atoms with Crippen LogP contribution in [0.25, 0.3) is 0 Å². The standard InChI is InChI=1S/C21H23N7O6S2/c22-21-24-12(8-36-21)13(26-34)16(29)25-14-18(31)28-15(20(32)33)11(7-35-19(14)28)3-10-1-2-27(17(10)30)6-9-4-23-5-9/h3,8-9,14,19,23,34H,1-2,4-7H2,(H2,22,24)(H,25,29)(H,32,33)/b10-3?,26-13-/t14-,19-/m1/s1. The lowest BCUT2D eigenvalue weighted by Crippen LogP contribution is -2.71. The van der Waals surface area contributed by atoms with Crippen LogP contribution < -0.4 is 16.4 Å². The molecule has 0 bridgehead atoms. The number of allylic oxidation sites excluding steroid dienone is 1. The van der Waals surface area contributed by atoms with Crippen molar-refractivity contribution in [3.05, 3.63) is 34.0 Å². The Labute approximate surface area is 213 Å². The average molecular weight is 534 g/mol. The van der Waals surface area contributed by atoms with E-state index >= 15 is 0 Å². The number of fused-ring (bicyclic) bond motifs is 1. The number of amides is 3. The SMILES string of the molecule is Nc1nc(/C(=N/O)C(=O)N[C@@H]2C(=O)N3C(C(=O)O)=C(C=C4CCN(CC5CNC5)C4=O)CS[C@H]23)cs1. The van der Waals surface area contributed by atoms with E-state index in [2.05, 4.69) is 20.8 Å². The number of oxime groups is 1. The Bertz CT molecular complexity index is 1240. The second-order valence-electron chi connectivity index (χ2n) is 8.75. The molecule has 4 aliphatic heterocycles. The maximum atomic E-state index is 12.9. The van der Waals surface area contributed by atoms with E-state index in [0.717, 1.165) is 29.3 Å². The van der Waals surface area contributed by atoms with Gasteiger partial charge in [0.2, 0.25) is 5.91 Å². The van der Waals surface area contributed by atoms with Crippen LogP contribution in [0.1, 0.15) is 12.1 Å². The number of nitrogens with zero attached hydrogens (tertiary/aromatic N) is 4.